The van der Waals surface area contributed by atoms with Gasteiger partial charge in [0.15, 0.2) is 0 Å². The zero-order chi connectivity index (χ0) is 15.0. The predicted molar refractivity (Wildman–Crippen MR) is 78.4 cm³/mol. The molecule has 1 rings (SSSR count). The smallest absolute Gasteiger partial charge is 0.326 e. The quantitative estimate of drug-likeness (QED) is 0.767. The Hall–Kier alpha value is -1.84. The summed E-state index contributed by atoms with van der Waals surface area (Å²) in [5, 5.41) is 11.8. The van der Waals surface area contributed by atoms with Crippen molar-refractivity contribution in [1.82, 2.24) is 5.32 Å². The number of rotatable bonds is 8. The van der Waals surface area contributed by atoms with Crippen molar-refractivity contribution >= 4 is 11.9 Å². The summed E-state index contributed by atoms with van der Waals surface area (Å²) in [4.78, 5) is 23.1. The van der Waals surface area contributed by atoms with Gasteiger partial charge in [0.2, 0.25) is 5.91 Å². The molecule has 110 valence electrons. The van der Waals surface area contributed by atoms with Crippen molar-refractivity contribution in [1.29, 1.82) is 0 Å². The number of nitrogens with one attached hydrogen (secondary N) is 1. The van der Waals surface area contributed by atoms with Crippen molar-refractivity contribution < 1.29 is 14.7 Å². The van der Waals surface area contributed by atoms with Crippen LogP contribution in [0.2, 0.25) is 0 Å². The Balaban J connectivity index is 2.55. The molecule has 1 amide bonds. The molecule has 0 aliphatic heterocycles. The zero-order valence-electron chi connectivity index (χ0n) is 12.1. The van der Waals surface area contributed by atoms with Gasteiger partial charge >= 0.3 is 5.97 Å². The molecule has 0 spiro atoms. The van der Waals surface area contributed by atoms with Crippen LogP contribution < -0.4 is 5.32 Å². The van der Waals surface area contributed by atoms with E-state index in [1.807, 2.05) is 37.3 Å². The number of carbonyl (C=O) groups is 2. The Morgan fingerprint density at radius 3 is 2.45 bits per heavy atom. The van der Waals surface area contributed by atoms with Crippen LogP contribution >= 0.6 is 0 Å². The molecule has 0 saturated carbocycles. The van der Waals surface area contributed by atoms with Gasteiger partial charge in [0.1, 0.15) is 6.04 Å². The first-order chi connectivity index (χ1) is 9.52. The predicted octanol–water partition coefficient (Wildman–Crippen LogP) is 2.62. The standard InChI is InChI=1S/C16H23NO3/c1-3-7-12(2)10-15(18)17-14(16(19)20)11-13-8-5-4-6-9-13/h4-6,8-9,12,14H,3,7,10-11H2,1-2H3,(H,17,18)(H,19,20)/t12?,14-/m1/s1. The Kier molecular flexibility index (Phi) is 6.77. The van der Waals surface area contributed by atoms with Crippen LogP contribution in [0.1, 0.15) is 38.7 Å². The topological polar surface area (TPSA) is 66.4 Å². The number of carboxylic acids is 1. The molecule has 0 radical (unpaired) electrons. The van der Waals surface area contributed by atoms with Crippen molar-refractivity contribution in [3.63, 3.8) is 0 Å². The minimum absolute atomic E-state index is 0.186. The monoisotopic (exact) mass is 277 g/mol. The van der Waals surface area contributed by atoms with Gasteiger partial charge in [-0.2, -0.15) is 0 Å². The lowest BCUT2D eigenvalue weighted by atomic mass is 10.0. The SMILES string of the molecule is CCCC(C)CC(=O)N[C@H](Cc1ccccc1)C(=O)O. The summed E-state index contributed by atoms with van der Waals surface area (Å²) >= 11 is 0. The van der Waals surface area contributed by atoms with E-state index in [9.17, 15) is 14.7 Å². The fourth-order valence-corrected chi connectivity index (χ4v) is 2.21. The molecule has 4 heteroatoms. The van der Waals surface area contributed by atoms with Gasteiger partial charge in [-0.15, -0.1) is 0 Å². The van der Waals surface area contributed by atoms with Gasteiger partial charge in [0.25, 0.3) is 0 Å². The molecule has 2 atom stereocenters. The third kappa shape index (κ3) is 5.87. The number of hydrogen-bond donors (Lipinski definition) is 2. The van der Waals surface area contributed by atoms with Gasteiger partial charge in [0, 0.05) is 12.8 Å². The van der Waals surface area contributed by atoms with E-state index in [-0.39, 0.29) is 11.8 Å². The largest absolute Gasteiger partial charge is 0.480 e. The van der Waals surface area contributed by atoms with Crippen molar-refractivity contribution in [2.45, 2.75) is 45.6 Å². The van der Waals surface area contributed by atoms with Crippen LogP contribution in [0, 0.1) is 5.92 Å². The lowest BCUT2D eigenvalue weighted by Gasteiger charge is -2.16. The number of carbonyl (C=O) groups excluding carboxylic acids is 1. The first-order valence-electron chi connectivity index (χ1n) is 7.09. The Bertz CT molecular complexity index is 431. The summed E-state index contributed by atoms with van der Waals surface area (Å²) < 4.78 is 0. The maximum Gasteiger partial charge on any atom is 0.326 e. The summed E-state index contributed by atoms with van der Waals surface area (Å²) in [5.41, 5.74) is 0.904. The van der Waals surface area contributed by atoms with Crippen LogP contribution in [-0.2, 0) is 16.0 Å². The minimum atomic E-state index is -0.995. The molecule has 1 aromatic rings. The van der Waals surface area contributed by atoms with Crippen LogP contribution in [0.15, 0.2) is 30.3 Å². The molecule has 4 nitrogen and oxygen atoms in total. The van der Waals surface area contributed by atoms with Crippen LogP contribution in [0.25, 0.3) is 0 Å². The van der Waals surface area contributed by atoms with Gasteiger partial charge in [-0.3, -0.25) is 4.79 Å². The average Bonchev–Trinajstić information content (AvgIpc) is 2.39. The van der Waals surface area contributed by atoms with Crippen LogP contribution in [0.5, 0.6) is 0 Å². The number of aliphatic carboxylic acids is 1. The molecule has 20 heavy (non-hydrogen) atoms. The highest BCUT2D eigenvalue weighted by Crippen LogP contribution is 2.10. The fourth-order valence-electron chi connectivity index (χ4n) is 2.21. The highest BCUT2D eigenvalue weighted by Gasteiger charge is 2.21. The Morgan fingerprint density at radius 1 is 1.25 bits per heavy atom. The number of amides is 1. The summed E-state index contributed by atoms with van der Waals surface area (Å²) in [5.74, 6) is -0.897. The molecule has 0 bridgehead atoms. The lowest BCUT2D eigenvalue weighted by molar-refractivity contribution is -0.141. The second-order valence-electron chi connectivity index (χ2n) is 5.25. The minimum Gasteiger partial charge on any atom is -0.480 e. The normalized spacial score (nSPS) is 13.5. The molecule has 0 saturated heterocycles. The number of carboxylic acid groups (broad SMARTS) is 1. The summed E-state index contributed by atoms with van der Waals surface area (Å²) in [6, 6.07) is 8.46. The Morgan fingerprint density at radius 2 is 1.90 bits per heavy atom. The van der Waals surface area contributed by atoms with E-state index in [2.05, 4.69) is 12.2 Å². The highest BCUT2D eigenvalue weighted by molar-refractivity contribution is 5.83. The van der Waals surface area contributed by atoms with E-state index in [0.717, 1.165) is 18.4 Å². The van der Waals surface area contributed by atoms with Gasteiger partial charge in [0.05, 0.1) is 0 Å². The molecule has 1 aromatic carbocycles. The second-order valence-corrected chi connectivity index (χ2v) is 5.25. The van der Waals surface area contributed by atoms with E-state index in [1.54, 1.807) is 0 Å². The molecule has 0 aromatic heterocycles. The molecule has 0 aliphatic carbocycles. The molecule has 2 N–H and O–H groups in total. The first-order valence-corrected chi connectivity index (χ1v) is 7.09. The van der Waals surface area contributed by atoms with Crippen molar-refractivity contribution in [3.05, 3.63) is 35.9 Å². The van der Waals surface area contributed by atoms with E-state index in [1.165, 1.54) is 0 Å². The lowest BCUT2D eigenvalue weighted by Crippen LogP contribution is -2.42. The number of benzene rings is 1. The zero-order valence-corrected chi connectivity index (χ0v) is 12.1. The third-order valence-corrected chi connectivity index (χ3v) is 3.23. The van der Waals surface area contributed by atoms with Crippen LogP contribution in [-0.4, -0.2) is 23.0 Å². The van der Waals surface area contributed by atoms with E-state index < -0.39 is 12.0 Å². The van der Waals surface area contributed by atoms with Crippen molar-refractivity contribution in [2.75, 3.05) is 0 Å². The first kappa shape index (κ1) is 16.2. The molecule has 0 heterocycles. The van der Waals surface area contributed by atoms with Gasteiger partial charge in [-0.1, -0.05) is 57.0 Å². The Labute approximate surface area is 120 Å². The molecular formula is C16H23NO3. The number of hydrogen-bond acceptors (Lipinski definition) is 2. The summed E-state index contributed by atoms with van der Waals surface area (Å²) in [7, 11) is 0. The van der Waals surface area contributed by atoms with Gasteiger partial charge in [-0.25, -0.2) is 4.79 Å². The second kappa shape index (κ2) is 8.35. The van der Waals surface area contributed by atoms with Crippen molar-refractivity contribution in [3.8, 4) is 0 Å². The highest BCUT2D eigenvalue weighted by atomic mass is 16.4. The van der Waals surface area contributed by atoms with Crippen LogP contribution in [0.3, 0.4) is 0 Å². The summed E-state index contributed by atoms with van der Waals surface area (Å²) in [6.45, 7) is 4.08. The van der Waals surface area contributed by atoms with E-state index in [0.29, 0.717) is 12.8 Å². The van der Waals surface area contributed by atoms with E-state index in [4.69, 9.17) is 0 Å². The fraction of sp³-hybridized carbons (Fsp3) is 0.500. The molecule has 0 aliphatic rings. The summed E-state index contributed by atoms with van der Waals surface area (Å²) in [6.07, 6.45) is 2.70. The van der Waals surface area contributed by atoms with Gasteiger partial charge in [-0.05, 0) is 11.5 Å². The van der Waals surface area contributed by atoms with Crippen LogP contribution in [0.4, 0.5) is 0 Å². The van der Waals surface area contributed by atoms with Gasteiger partial charge < -0.3 is 10.4 Å². The maximum atomic E-state index is 11.9. The molecule has 0 fully saturated rings. The maximum absolute atomic E-state index is 11.9. The van der Waals surface area contributed by atoms with E-state index >= 15 is 0 Å². The van der Waals surface area contributed by atoms with Crippen molar-refractivity contribution in [2.24, 2.45) is 5.92 Å². The third-order valence-electron chi connectivity index (χ3n) is 3.23. The average molecular weight is 277 g/mol. The molecular weight excluding hydrogens is 254 g/mol. The molecule has 1 unspecified atom stereocenters.